The van der Waals surface area contributed by atoms with Gasteiger partial charge in [0.1, 0.15) is 5.15 Å². The van der Waals surface area contributed by atoms with Crippen LogP contribution in [0.4, 0.5) is 0 Å². The van der Waals surface area contributed by atoms with Gasteiger partial charge in [-0.1, -0.05) is 29.8 Å². The minimum Gasteiger partial charge on any atom is -0.464 e. The van der Waals surface area contributed by atoms with Gasteiger partial charge >= 0.3 is 5.97 Å². The summed E-state index contributed by atoms with van der Waals surface area (Å²) in [6, 6.07) is 8.95. The zero-order chi connectivity index (χ0) is 13.1. The molecule has 0 atom stereocenters. The number of ether oxygens (including phenoxy) is 1. The van der Waals surface area contributed by atoms with E-state index in [2.05, 4.69) is 9.84 Å². The molecule has 2 aromatic rings. The zero-order valence-electron chi connectivity index (χ0n) is 9.46. The van der Waals surface area contributed by atoms with E-state index in [-0.39, 0.29) is 16.4 Å². The van der Waals surface area contributed by atoms with Crippen molar-refractivity contribution in [3.8, 4) is 5.69 Å². The highest BCUT2D eigenvalue weighted by molar-refractivity contribution is 6.33. The Labute approximate surface area is 108 Å². The van der Waals surface area contributed by atoms with Crippen LogP contribution in [0.1, 0.15) is 20.8 Å². The molecule has 6 heteroatoms. The minimum atomic E-state index is -0.700. The van der Waals surface area contributed by atoms with Crippen molar-refractivity contribution in [2.45, 2.75) is 0 Å². The second-order valence-electron chi connectivity index (χ2n) is 3.41. The number of rotatable bonds is 3. The third kappa shape index (κ3) is 2.00. The molecule has 0 amide bonds. The lowest BCUT2D eigenvalue weighted by Gasteiger charge is -2.01. The van der Waals surface area contributed by atoms with Crippen LogP contribution >= 0.6 is 11.6 Å². The van der Waals surface area contributed by atoms with Crippen LogP contribution in [0.5, 0.6) is 0 Å². The highest BCUT2D eigenvalue weighted by atomic mass is 35.5. The first-order valence-corrected chi connectivity index (χ1v) is 5.44. The van der Waals surface area contributed by atoms with Gasteiger partial charge < -0.3 is 4.74 Å². The lowest BCUT2D eigenvalue weighted by atomic mass is 10.3. The largest absolute Gasteiger partial charge is 0.464 e. The number of hydrogen-bond acceptors (Lipinski definition) is 4. The molecule has 0 spiro atoms. The molecule has 0 unspecified atom stereocenters. The van der Waals surface area contributed by atoms with E-state index >= 15 is 0 Å². The number of benzene rings is 1. The SMILES string of the molecule is COC(=O)c1nn(-c2ccccc2)c(Cl)c1C=O. The van der Waals surface area contributed by atoms with E-state index in [4.69, 9.17) is 11.6 Å². The fourth-order valence-electron chi connectivity index (χ4n) is 1.50. The topological polar surface area (TPSA) is 61.2 Å². The van der Waals surface area contributed by atoms with E-state index < -0.39 is 5.97 Å². The van der Waals surface area contributed by atoms with Gasteiger partial charge in [0.05, 0.1) is 18.4 Å². The molecule has 0 aliphatic carbocycles. The average Bonchev–Trinajstić information content (AvgIpc) is 2.75. The van der Waals surface area contributed by atoms with E-state index in [1.807, 2.05) is 6.07 Å². The van der Waals surface area contributed by atoms with Crippen LogP contribution in [0.25, 0.3) is 5.69 Å². The first-order chi connectivity index (χ1) is 8.69. The summed E-state index contributed by atoms with van der Waals surface area (Å²) in [6.07, 6.45) is 0.487. The highest BCUT2D eigenvalue weighted by Crippen LogP contribution is 2.22. The summed E-state index contributed by atoms with van der Waals surface area (Å²) in [6.45, 7) is 0. The Morgan fingerprint density at radius 3 is 2.61 bits per heavy atom. The van der Waals surface area contributed by atoms with Crippen molar-refractivity contribution in [3.05, 3.63) is 46.7 Å². The molecule has 92 valence electrons. The molecule has 2 rings (SSSR count). The van der Waals surface area contributed by atoms with Crippen molar-refractivity contribution >= 4 is 23.9 Å². The Morgan fingerprint density at radius 1 is 1.39 bits per heavy atom. The van der Waals surface area contributed by atoms with Crippen molar-refractivity contribution in [2.75, 3.05) is 7.11 Å². The molecule has 18 heavy (non-hydrogen) atoms. The fraction of sp³-hybridized carbons (Fsp3) is 0.0833. The summed E-state index contributed by atoms with van der Waals surface area (Å²) in [4.78, 5) is 22.4. The van der Waals surface area contributed by atoms with Crippen LogP contribution in [0.2, 0.25) is 5.15 Å². The molecule has 0 aliphatic heterocycles. The van der Waals surface area contributed by atoms with Gasteiger partial charge in [-0.2, -0.15) is 5.10 Å². The van der Waals surface area contributed by atoms with Gasteiger partial charge in [-0.25, -0.2) is 9.48 Å². The number of carbonyl (C=O) groups excluding carboxylic acids is 2. The number of methoxy groups -OCH3 is 1. The molecule has 0 N–H and O–H groups in total. The Hall–Kier alpha value is -2.14. The van der Waals surface area contributed by atoms with Crippen LogP contribution in [0.3, 0.4) is 0 Å². The zero-order valence-corrected chi connectivity index (χ0v) is 10.2. The predicted molar refractivity (Wildman–Crippen MR) is 65.3 cm³/mol. The molecular formula is C12H9ClN2O3. The van der Waals surface area contributed by atoms with Gasteiger partial charge in [0.15, 0.2) is 12.0 Å². The van der Waals surface area contributed by atoms with Gasteiger partial charge in [-0.05, 0) is 12.1 Å². The van der Waals surface area contributed by atoms with E-state index in [1.165, 1.54) is 11.8 Å². The third-order valence-electron chi connectivity index (χ3n) is 2.36. The van der Waals surface area contributed by atoms with Crippen molar-refractivity contribution in [1.29, 1.82) is 0 Å². The monoisotopic (exact) mass is 264 g/mol. The first-order valence-electron chi connectivity index (χ1n) is 5.06. The molecule has 5 nitrogen and oxygen atoms in total. The number of esters is 1. The van der Waals surface area contributed by atoms with Crippen LogP contribution in [-0.2, 0) is 4.74 Å². The Kier molecular flexibility index (Phi) is 3.43. The second kappa shape index (κ2) is 5.01. The Bertz CT molecular complexity index is 593. The second-order valence-corrected chi connectivity index (χ2v) is 3.77. The van der Waals surface area contributed by atoms with Gasteiger partial charge in [-0.3, -0.25) is 4.79 Å². The van der Waals surface area contributed by atoms with Gasteiger partial charge in [0.25, 0.3) is 0 Å². The highest BCUT2D eigenvalue weighted by Gasteiger charge is 2.22. The molecule has 0 radical (unpaired) electrons. The van der Waals surface area contributed by atoms with Crippen molar-refractivity contribution < 1.29 is 14.3 Å². The maximum Gasteiger partial charge on any atom is 0.359 e. The van der Waals surface area contributed by atoms with Crippen LogP contribution < -0.4 is 0 Å². The Morgan fingerprint density at radius 2 is 2.06 bits per heavy atom. The average molecular weight is 265 g/mol. The summed E-state index contributed by atoms with van der Waals surface area (Å²) < 4.78 is 5.87. The van der Waals surface area contributed by atoms with Crippen LogP contribution in [0, 0.1) is 0 Å². The minimum absolute atomic E-state index is 0.0207. The maximum absolute atomic E-state index is 11.5. The molecule has 1 aromatic carbocycles. The summed E-state index contributed by atoms with van der Waals surface area (Å²) in [7, 11) is 1.21. The predicted octanol–water partition coefficient (Wildman–Crippen LogP) is 2.12. The first kappa shape index (κ1) is 12.3. The summed E-state index contributed by atoms with van der Waals surface area (Å²) in [5, 5.41) is 4.08. The van der Waals surface area contributed by atoms with Crippen LogP contribution in [0.15, 0.2) is 30.3 Å². The maximum atomic E-state index is 11.5. The van der Waals surface area contributed by atoms with E-state index in [0.717, 1.165) is 0 Å². The smallest absolute Gasteiger partial charge is 0.359 e. The number of nitrogens with zero attached hydrogens (tertiary/aromatic N) is 2. The standard InChI is InChI=1S/C12H9ClN2O3/c1-18-12(17)10-9(7-16)11(13)15(14-10)8-5-3-2-4-6-8/h2-7H,1H3. The van der Waals surface area contributed by atoms with Gasteiger partial charge in [0, 0.05) is 0 Å². The molecule has 0 aliphatic rings. The number of aromatic nitrogens is 2. The van der Waals surface area contributed by atoms with Gasteiger partial charge in [-0.15, -0.1) is 0 Å². The quantitative estimate of drug-likeness (QED) is 0.629. The fourth-order valence-corrected chi connectivity index (χ4v) is 1.77. The normalized spacial score (nSPS) is 10.1. The molecule has 0 fully saturated rings. The molecular weight excluding hydrogens is 256 g/mol. The third-order valence-corrected chi connectivity index (χ3v) is 2.72. The molecule has 1 heterocycles. The number of carbonyl (C=O) groups is 2. The molecule has 1 aromatic heterocycles. The van der Waals surface area contributed by atoms with E-state index in [1.54, 1.807) is 24.3 Å². The number of para-hydroxylation sites is 1. The van der Waals surface area contributed by atoms with E-state index in [0.29, 0.717) is 12.0 Å². The van der Waals surface area contributed by atoms with Gasteiger partial charge in [0.2, 0.25) is 0 Å². The summed E-state index contributed by atoms with van der Waals surface area (Å²) >= 11 is 6.03. The number of hydrogen-bond donors (Lipinski definition) is 0. The number of aldehydes is 1. The lowest BCUT2D eigenvalue weighted by molar-refractivity contribution is 0.0591. The van der Waals surface area contributed by atoms with Crippen molar-refractivity contribution in [2.24, 2.45) is 0 Å². The summed E-state index contributed by atoms with van der Waals surface area (Å²) in [5.74, 6) is -0.700. The summed E-state index contributed by atoms with van der Waals surface area (Å²) in [5.41, 5.74) is 0.578. The van der Waals surface area contributed by atoms with Crippen molar-refractivity contribution in [1.82, 2.24) is 9.78 Å². The lowest BCUT2D eigenvalue weighted by Crippen LogP contribution is -2.05. The number of halogens is 1. The molecule has 0 saturated carbocycles. The van der Waals surface area contributed by atoms with Crippen molar-refractivity contribution in [3.63, 3.8) is 0 Å². The van der Waals surface area contributed by atoms with Crippen LogP contribution in [-0.4, -0.2) is 29.1 Å². The molecule has 0 saturated heterocycles. The molecule has 0 bridgehead atoms. The van der Waals surface area contributed by atoms with E-state index in [9.17, 15) is 9.59 Å². The Balaban J connectivity index is 2.61.